The lowest BCUT2D eigenvalue weighted by atomic mass is 10.1. The summed E-state index contributed by atoms with van der Waals surface area (Å²) >= 11 is 3.41. The Kier molecular flexibility index (Phi) is 4.11. The van der Waals surface area contributed by atoms with Crippen LogP contribution in [0.5, 0.6) is 0 Å². The van der Waals surface area contributed by atoms with Gasteiger partial charge >= 0.3 is 0 Å². The first-order valence-corrected chi connectivity index (χ1v) is 5.38. The zero-order valence-electron chi connectivity index (χ0n) is 8.59. The molecule has 0 atom stereocenters. The van der Waals surface area contributed by atoms with Gasteiger partial charge in [0.2, 0.25) is 0 Å². The van der Waals surface area contributed by atoms with E-state index >= 15 is 0 Å². The second-order valence-electron chi connectivity index (χ2n) is 4.11. The summed E-state index contributed by atoms with van der Waals surface area (Å²) in [6, 6.07) is 8.07. The summed E-state index contributed by atoms with van der Waals surface area (Å²) < 4.78 is 6.57. The van der Waals surface area contributed by atoms with Crippen LogP contribution in [0.15, 0.2) is 28.7 Å². The van der Waals surface area contributed by atoms with Gasteiger partial charge in [-0.3, -0.25) is 0 Å². The Hall–Kier alpha value is -0.380. The fraction of sp³-hybridized carbons (Fsp3) is 0.455. The van der Waals surface area contributed by atoms with Crippen molar-refractivity contribution < 1.29 is 4.74 Å². The van der Waals surface area contributed by atoms with Crippen LogP contribution in [0.4, 0.5) is 0 Å². The Bertz CT molecular complexity index is 294. The van der Waals surface area contributed by atoms with Crippen LogP contribution in [0.2, 0.25) is 0 Å². The average molecular weight is 258 g/mol. The van der Waals surface area contributed by atoms with Gasteiger partial charge in [0.05, 0.1) is 13.2 Å². The van der Waals surface area contributed by atoms with Gasteiger partial charge in [-0.15, -0.1) is 0 Å². The standard InChI is InChI=1S/C11H16BrNO/c1-11(2,13)8-14-7-9-4-3-5-10(12)6-9/h3-6H,7-8,13H2,1-2H3. The van der Waals surface area contributed by atoms with Gasteiger partial charge in [-0.25, -0.2) is 0 Å². The van der Waals surface area contributed by atoms with Gasteiger partial charge < -0.3 is 10.5 Å². The topological polar surface area (TPSA) is 35.2 Å². The number of nitrogens with two attached hydrogens (primary N) is 1. The first kappa shape index (κ1) is 11.7. The van der Waals surface area contributed by atoms with Crippen LogP contribution >= 0.6 is 15.9 Å². The lowest BCUT2D eigenvalue weighted by molar-refractivity contribution is 0.0851. The number of benzene rings is 1. The molecule has 14 heavy (non-hydrogen) atoms. The summed E-state index contributed by atoms with van der Waals surface area (Å²) in [5.74, 6) is 0. The second-order valence-corrected chi connectivity index (χ2v) is 5.03. The lowest BCUT2D eigenvalue weighted by Crippen LogP contribution is -2.37. The largest absolute Gasteiger partial charge is 0.375 e. The molecule has 0 heterocycles. The molecule has 0 spiro atoms. The number of rotatable bonds is 4. The van der Waals surface area contributed by atoms with Gasteiger partial charge in [0.25, 0.3) is 0 Å². The molecular weight excluding hydrogens is 242 g/mol. The maximum absolute atomic E-state index is 5.80. The zero-order valence-corrected chi connectivity index (χ0v) is 10.2. The Balaban J connectivity index is 2.39. The first-order valence-electron chi connectivity index (χ1n) is 4.58. The third-order valence-corrected chi connectivity index (χ3v) is 2.13. The quantitative estimate of drug-likeness (QED) is 0.901. The van der Waals surface area contributed by atoms with Crippen molar-refractivity contribution in [3.05, 3.63) is 34.3 Å². The molecule has 0 aromatic heterocycles. The summed E-state index contributed by atoms with van der Waals surface area (Å²) in [5, 5.41) is 0. The molecule has 78 valence electrons. The molecule has 2 N–H and O–H groups in total. The smallest absolute Gasteiger partial charge is 0.0718 e. The molecule has 1 aromatic carbocycles. The van der Waals surface area contributed by atoms with Crippen molar-refractivity contribution in [2.75, 3.05) is 6.61 Å². The molecule has 0 aliphatic carbocycles. The van der Waals surface area contributed by atoms with Crippen molar-refractivity contribution in [3.8, 4) is 0 Å². The number of ether oxygens (including phenoxy) is 1. The van der Waals surface area contributed by atoms with Crippen molar-refractivity contribution in [1.29, 1.82) is 0 Å². The van der Waals surface area contributed by atoms with E-state index in [1.54, 1.807) is 0 Å². The highest BCUT2D eigenvalue weighted by Gasteiger charge is 2.10. The van der Waals surface area contributed by atoms with Crippen LogP contribution in [0.1, 0.15) is 19.4 Å². The number of halogens is 1. The number of hydrogen-bond donors (Lipinski definition) is 1. The maximum atomic E-state index is 5.80. The molecule has 0 unspecified atom stereocenters. The fourth-order valence-electron chi connectivity index (χ4n) is 1.06. The van der Waals surface area contributed by atoms with Crippen LogP contribution in [0.3, 0.4) is 0 Å². The van der Waals surface area contributed by atoms with E-state index < -0.39 is 0 Å². The van der Waals surface area contributed by atoms with Crippen molar-refractivity contribution in [3.63, 3.8) is 0 Å². The molecule has 0 bridgehead atoms. The van der Waals surface area contributed by atoms with E-state index in [1.807, 2.05) is 38.1 Å². The zero-order chi connectivity index (χ0) is 10.6. The van der Waals surface area contributed by atoms with Crippen molar-refractivity contribution in [1.82, 2.24) is 0 Å². The minimum absolute atomic E-state index is 0.258. The molecule has 1 aromatic rings. The van der Waals surface area contributed by atoms with Crippen LogP contribution in [0.25, 0.3) is 0 Å². The SMILES string of the molecule is CC(C)(N)COCc1cccc(Br)c1. The Morgan fingerprint density at radius 1 is 1.43 bits per heavy atom. The van der Waals surface area contributed by atoms with Gasteiger partial charge in [-0.2, -0.15) is 0 Å². The predicted octanol–water partition coefficient (Wildman–Crippen LogP) is 2.70. The molecule has 0 saturated carbocycles. The van der Waals surface area contributed by atoms with Crippen molar-refractivity contribution in [2.24, 2.45) is 5.73 Å². The molecule has 2 nitrogen and oxygen atoms in total. The summed E-state index contributed by atoms with van der Waals surface area (Å²) in [5.41, 5.74) is 6.69. The van der Waals surface area contributed by atoms with Crippen LogP contribution < -0.4 is 5.73 Å². The molecule has 0 amide bonds. The highest BCUT2D eigenvalue weighted by Crippen LogP contribution is 2.12. The molecule has 0 radical (unpaired) electrons. The summed E-state index contributed by atoms with van der Waals surface area (Å²) in [7, 11) is 0. The Labute approximate surface area is 93.6 Å². The van der Waals surface area contributed by atoms with E-state index in [0.29, 0.717) is 13.2 Å². The minimum atomic E-state index is -0.258. The highest BCUT2D eigenvalue weighted by molar-refractivity contribution is 9.10. The molecule has 1 rings (SSSR count). The predicted molar refractivity (Wildman–Crippen MR) is 62.1 cm³/mol. The molecule has 0 aliphatic heterocycles. The van der Waals surface area contributed by atoms with E-state index in [4.69, 9.17) is 10.5 Å². The van der Waals surface area contributed by atoms with E-state index in [1.165, 1.54) is 0 Å². The normalized spacial score (nSPS) is 11.7. The van der Waals surface area contributed by atoms with E-state index in [-0.39, 0.29) is 5.54 Å². The monoisotopic (exact) mass is 257 g/mol. The van der Waals surface area contributed by atoms with E-state index in [2.05, 4.69) is 15.9 Å². The van der Waals surface area contributed by atoms with Gasteiger partial charge in [0.1, 0.15) is 0 Å². The van der Waals surface area contributed by atoms with E-state index in [9.17, 15) is 0 Å². The maximum Gasteiger partial charge on any atom is 0.0718 e. The van der Waals surface area contributed by atoms with E-state index in [0.717, 1.165) is 10.0 Å². The minimum Gasteiger partial charge on any atom is -0.375 e. The summed E-state index contributed by atoms with van der Waals surface area (Å²) in [6.45, 7) is 5.08. The molecular formula is C11H16BrNO. The van der Waals surface area contributed by atoms with Gasteiger partial charge in [-0.1, -0.05) is 28.1 Å². The Morgan fingerprint density at radius 2 is 2.14 bits per heavy atom. The summed E-state index contributed by atoms with van der Waals surface area (Å²) in [6.07, 6.45) is 0. The van der Waals surface area contributed by atoms with Crippen molar-refractivity contribution >= 4 is 15.9 Å². The van der Waals surface area contributed by atoms with Gasteiger partial charge in [0.15, 0.2) is 0 Å². The Morgan fingerprint density at radius 3 is 2.71 bits per heavy atom. The molecule has 0 fully saturated rings. The van der Waals surface area contributed by atoms with Gasteiger partial charge in [0, 0.05) is 10.0 Å². The van der Waals surface area contributed by atoms with Gasteiger partial charge in [-0.05, 0) is 31.5 Å². The van der Waals surface area contributed by atoms with Crippen LogP contribution in [-0.2, 0) is 11.3 Å². The number of hydrogen-bond acceptors (Lipinski definition) is 2. The average Bonchev–Trinajstić information content (AvgIpc) is 2.01. The third kappa shape index (κ3) is 4.74. The summed E-state index contributed by atoms with van der Waals surface area (Å²) in [4.78, 5) is 0. The molecule has 0 aliphatic rings. The second kappa shape index (κ2) is 4.91. The van der Waals surface area contributed by atoms with Crippen LogP contribution in [-0.4, -0.2) is 12.1 Å². The molecule has 3 heteroatoms. The fourth-order valence-corrected chi connectivity index (χ4v) is 1.51. The highest BCUT2D eigenvalue weighted by atomic mass is 79.9. The van der Waals surface area contributed by atoms with Crippen LogP contribution in [0, 0.1) is 0 Å². The first-order chi connectivity index (χ1) is 6.47. The van der Waals surface area contributed by atoms with Crippen molar-refractivity contribution in [2.45, 2.75) is 26.0 Å². The lowest BCUT2D eigenvalue weighted by Gasteiger charge is -2.18. The molecule has 0 saturated heterocycles. The third-order valence-electron chi connectivity index (χ3n) is 1.63.